The van der Waals surface area contributed by atoms with Gasteiger partial charge in [0.05, 0.1) is 0 Å². The fraction of sp³-hybridized carbons (Fsp3) is 1.00. The Labute approximate surface area is 112 Å². The number of rotatable bonds is 7. The van der Waals surface area contributed by atoms with Gasteiger partial charge in [0, 0.05) is 26.7 Å². The molecule has 0 unspecified atom stereocenters. The van der Waals surface area contributed by atoms with Gasteiger partial charge in [0.25, 0.3) is 10.2 Å². The van der Waals surface area contributed by atoms with E-state index in [2.05, 4.69) is 6.92 Å². The van der Waals surface area contributed by atoms with E-state index in [1.165, 1.54) is 4.31 Å². The quantitative estimate of drug-likeness (QED) is 0.707. The SMILES string of the molecule is CCCCCN(C)S(=O)(=O)N1CCC(CN)CC1. The van der Waals surface area contributed by atoms with Crippen LogP contribution in [0.1, 0.15) is 39.0 Å². The lowest BCUT2D eigenvalue weighted by Crippen LogP contribution is -2.46. The van der Waals surface area contributed by atoms with E-state index in [9.17, 15) is 8.42 Å². The van der Waals surface area contributed by atoms with Crippen molar-refractivity contribution < 1.29 is 8.42 Å². The van der Waals surface area contributed by atoms with Gasteiger partial charge in [-0.05, 0) is 31.7 Å². The van der Waals surface area contributed by atoms with Gasteiger partial charge in [0.15, 0.2) is 0 Å². The molecule has 0 aromatic rings. The second kappa shape index (κ2) is 7.43. The first-order valence-electron chi connectivity index (χ1n) is 6.93. The maximum absolute atomic E-state index is 12.3. The maximum atomic E-state index is 12.3. The van der Waals surface area contributed by atoms with Crippen LogP contribution in [0.5, 0.6) is 0 Å². The van der Waals surface area contributed by atoms with E-state index in [0.29, 0.717) is 32.1 Å². The van der Waals surface area contributed by atoms with Crippen molar-refractivity contribution in [2.24, 2.45) is 11.7 Å². The highest BCUT2D eigenvalue weighted by Gasteiger charge is 2.30. The summed E-state index contributed by atoms with van der Waals surface area (Å²) in [7, 11) is -1.57. The summed E-state index contributed by atoms with van der Waals surface area (Å²) >= 11 is 0. The van der Waals surface area contributed by atoms with Crippen molar-refractivity contribution in [3.05, 3.63) is 0 Å². The molecular formula is C12H27N3O2S. The molecule has 0 aliphatic carbocycles. The Bertz CT molecular complexity index is 324. The van der Waals surface area contributed by atoms with Crippen molar-refractivity contribution in [1.82, 2.24) is 8.61 Å². The van der Waals surface area contributed by atoms with Crippen LogP contribution >= 0.6 is 0 Å². The van der Waals surface area contributed by atoms with Crippen LogP contribution in [0.15, 0.2) is 0 Å². The van der Waals surface area contributed by atoms with Crippen molar-refractivity contribution in [2.45, 2.75) is 39.0 Å². The molecule has 6 heteroatoms. The lowest BCUT2D eigenvalue weighted by molar-refractivity contribution is 0.262. The molecule has 1 aliphatic rings. The fourth-order valence-corrected chi connectivity index (χ4v) is 3.70. The third-order valence-corrected chi connectivity index (χ3v) is 5.69. The van der Waals surface area contributed by atoms with Crippen LogP contribution in [0, 0.1) is 5.92 Å². The summed E-state index contributed by atoms with van der Waals surface area (Å²) in [6.07, 6.45) is 4.90. The first-order valence-corrected chi connectivity index (χ1v) is 8.33. The van der Waals surface area contributed by atoms with Gasteiger partial charge in [-0.3, -0.25) is 0 Å². The summed E-state index contributed by atoms with van der Waals surface area (Å²) in [5.74, 6) is 0.488. The molecule has 1 fully saturated rings. The number of piperidine rings is 1. The summed E-state index contributed by atoms with van der Waals surface area (Å²) < 4.78 is 27.7. The molecule has 0 amide bonds. The van der Waals surface area contributed by atoms with Crippen molar-refractivity contribution >= 4 is 10.2 Å². The Morgan fingerprint density at radius 2 is 1.89 bits per heavy atom. The Kier molecular flexibility index (Phi) is 6.55. The Morgan fingerprint density at radius 3 is 2.39 bits per heavy atom. The number of hydrogen-bond acceptors (Lipinski definition) is 3. The predicted octanol–water partition coefficient (Wildman–Crippen LogP) is 1.02. The van der Waals surface area contributed by atoms with E-state index in [0.717, 1.165) is 32.1 Å². The second-order valence-corrected chi connectivity index (χ2v) is 7.15. The van der Waals surface area contributed by atoms with E-state index in [4.69, 9.17) is 5.73 Å². The third-order valence-electron chi connectivity index (χ3n) is 3.70. The largest absolute Gasteiger partial charge is 0.330 e. The highest BCUT2D eigenvalue weighted by molar-refractivity contribution is 7.86. The minimum atomic E-state index is -3.25. The zero-order valence-electron chi connectivity index (χ0n) is 11.6. The van der Waals surface area contributed by atoms with Gasteiger partial charge < -0.3 is 5.73 Å². The number of unbranched alkanes of at least 4 members (excludes halogenated alkanes) is 2. The van der Waals surface area contributed by atoms with Crippen molar-refractivity contribution in [3.63, 3.8) is 0 Å². The molecule has 1 saturated heterocycles. The average Bonchev–Trinajstić information content (AvgIpc) is 2.39. The van der Waals surface area contributed by atoms with Crippen LogP contribution in [0.25, 0.3) is 0 Å². The monoisotopic (exact) mass is 277 g/mol. The molecule has 1 rings (SSSR count). The molecule has 0 spiro atoms. The van der Waals surface area contributed by atoms with E-state index >= 15 is 0 Å². The number of hydrogen-bond donors (Lipinski definition) is 1. The van der Waals surface area contributed by atoms with Crippen molar-refractivity contribution in [3.8, 4) is 0 Å². The Morgan fingerprint density at radius 1 is 1.28 bits per heavy atom. The van der Waals surface area contributed by atoms with E-state index in [1.807, 2.05) is 0 Å². The maximum Gasteiger partial charge on any atom is 0.281 e. The fourth-order valence-electron chi connectivity index (χ4n) is 2.27. The predicted molar refractivity (Wildman–Crippen MR) is 74.4 cm³/mol. The molecule has 18 heavy (non-hydrogen) atoms. The van der Waals surface area contributed by atoms with Gasteiger partial charge >= 0.3 is 0 Å². The third kappa shape index (κ3) is 4.19. The summed E-state index contributed by atoms with van der Waals surface area (Å²) in [5.41, 5.74) is 5.62. The number of nitrogens with zero attached hydrogens (tertiary/aromatic N) is 2. The zero-order valence-corrected chi connectivity index (χ0v) is 12.5. The summed E-state index contributed by atoms with van der Waals surface area (Å²) in [6, 6.07) is 0. The molecule has 0 saturated carbocycles. The van der Waals surface area contributed by atoms with Gasteiger partial charge in [0.1, 0.15) is 0 Å². The van der Waals surface area contributed by atoms with E-state index in [1.54, 1.807) is 11.4 Å². The minimum Gasteiger partial charge on any atom is -0.330 e. The average molecular weight is 277 g/mol. The lowest BCUT2D eigenvalue weighted by atomic mass is 9.99. The Hall–Kier alpha value is -0.170. The molecular weight excluding hydrogens is 250 g/mol. The minimum absolute atomic E-state index is 0.488. The van der Waals surface area contributed by atoms with Crippen LogP contribution in [0.4, 0.5) is 0 Å². The highest BCUT2D eigenvalue weighted by Crippen LogP contribution is 2.20. The second-order valence-electron chi connectivity index (χ2n) is 5.11. The molecule has 2 N–H and O–H groups in total. The van der Waals surface area contributed by atoms with Gasteiger partial charge in [0.2, 0.25) is 0 Å². The molecule has 0 atom stereocenters. The van der Waals surface area contributed by atoms with Gasteiger partial charge in [-0.15, -0.1) is 0 Å². The highest BCUT2D eigenvalue weighted by atomic mass is 32.2. The van der Waals surface area contributed by atoms with Crippen LogP contribution in [-0.2, 0) is 10.2 Å². The zero-order chi connectivity index (χ0) is 13.6. The molecule has 1 heterocycles. The van der Waals surface area contributed by atoms with Crippen LogP contribution in [-0.4, -0.2) is 50.3 Å². The molecule has 108 valence electrons. The number of nitrogens with two attached hydrogens (primary N) is 1. The molecule has 0 aromatic heterocycles. The molecule has 0 radical (unpaired) electrons. The molecule has 0 aromatic carbocycles. The summed E-state index contributed by atoms with van der Waals surface area (Å²) in [6.45, 7) is 4.63. The van der Waals surface area contributed by atoms with E-state index in [-0.39, 0.29) is 0 Å². The smallest absolute Gasteiger partial charge is 0.281 e. The first kappa shape index (κ1) is 15.9. The topological polar surface area (TPSA) is 66.6 Å². The molecule has 0 bridgehead atoms. The van der Waals surface area contributed by atoms with Gasteiger partial charge in [-0.25, -0.2) is 0 Å². The summed E-state index contributed by atoms with van der Waals surface area (Å²) in [4.78, 5) is 0. The summed E-state index contributed by atoms with van der Waals surface area (Å²) in [5, 5.41) is 0. The lowest BCUT2D eigenvalue weighted by Gasteiger charge is -2.33. The van der Waals surface area contributed by atoms with Crippen molar-refractivity contribution in [1.29, 1.82) is 0 Å². The van der Waals surface area contributed by atoms with Gasteiger partial charge in [-0.2, -0.15) is 17.0 Å². The van der Waals surface area contributed by atoms with Crippen molar-refractivity contribution in [2.75, 3.05) is 33.2 Å². The van der Waals surface area contributed by atoms with Gasteiger partial charge in [-0.1, -0.05) is 19.8 Å². The molecule has 5 nitrogen and oxygen atoms in total. The van der Waals surface area contributed by atoms with Crippen LogP contribution < -0.4 is 5.73 Å². The Balaban J connectivity index is 2.48. The van der Waals surface area contributed by atoms with Crippen LogP contribution in [0.2, 0.25) is 0 Å². The normalized spacial score (nSPS) is 19.6. The van der Waals surface area contributed by atoms with Crippen LogP contribution in [0.3, 0.4) is 0 Å². The van der Waals surface area contributed by atoms with E-state index < -0.39 is 10.2 Å². The standard InChI is InChI=1S/C12H27N3O2S/c1-3-4-5-8-14(2)18(16,17)15-9-6-12(11-13)7-10-15/h12H,3-11,13H2,1-2H3. The first-order chi connectivity index (χ1) is 8.52. The molecule has 1 aliphatic heterocycles.